The minimum absolute atomic E-state index is 0.139. The molecule has 0 aromatic heterocycles. The third-order valence-electron chi connectivity index (χ3n) is 4.09. The van der Waals surface area contributed by atoms with Crippen LogP contribution in [0.1, 0.15) is 6.42 Å². The predicted molar refractivity (Wildman–Crippen MR) is 90.5 cm³/mol. The van der Waals surface area contributed by atoms with Gasteiger partial charge in [-0.25, -0.2) is 13.1 Å². The van der Waals surface area contributed by atoms with E-state index in [1.54, 1.807) is 0 Å². The number of carboxylic acids is 1. The highest BCUT2D eigenvalue weighted by molar-refractivity contribution is 7.89. The van der Waals surface area contributed by atoms with Gasteiger partial charge < -0.3 is 9.84 Å². The minimum atomic E-state index is -3.47. The number of hydrogen-bond donors (Lipinski definition) is 2. The second-order valence-corrected chi connectivity index (χ2v) is 7.83. The number of ether oxygens (including phenoxy) is 1. The van der Waals surface area contributed by atoms with Crippen molar-refractivity contribution >= 4 is 26.8 Å². The molecule has 0 unspecified atom stereocenters. The fourth-order valence-electron chi connectivity index (χ4n) is 2.70. The highest BCUT2D eigenvalue weighted by Gasteiger charge is 2.45. The molecule has 128 valence electrons. The van der Waals surface area contributed by atoms with Gasteiger partial charge in [-0.1, -0.05) is 30.3 Å². The monoisotopic (exact) mass is 349 g/mol. The lowest BCUT2D eigenvalue weighted by molar-refractivity contribution is -0.138. The van der Waals surface area contributed by atoms with Crippen molar-refractivity contribution in [2.75, 3.05) is 18.9 Å². The lowest BCUT2D eigenvalue weighted by Gasteiger charge is -2.09. The molecule has 0 radical (unpaired) electrons. The van der Waals surface area contributed by atoms with Crippen LogP contribution in [-0.2, 0) is 14.8 Å². The van der Waals surface area contributed by atoms with Gasteiger partial charge in [0.2, 0.25) is 10.0 Å². The van der Waals surface area contributed by atoms with Crippen molar-refractivity contribution in [3.8, 4) is 5.75 Å². The van der Waals surface area contributed by atoms with Crippen LogP contribution in [0.3, 0.4) is 0 Å². The van der Waals surface area contributed by atoms with E-state index in [1.165, 1.54) is 0 Å². The molecule has 1 aliphatic rings. The van der Waals surface area contributed by atoms with E-state index < -0.39 is 21.9 Å². The predicted octanol–water partition coefficient (Wildman–Crippen LogP) is 1.86. The summed E-state index contributed by atoms with van der Waals surface area (Å²) in [5.41, 5.74) is 0. The van der Waals surface area contributed by atoms with E-state index in [4.69, 9.17) is 9.84 Å². The van der Waals surface area contributed by atoms with Crippen LogP contribution < -0.4 is 9.46 Å². The Morgan fingerprint density at radius 1 is 1.21 bits per heavy atom. The third kappa shape index (κ3) is 4.24. The second kappa shape index (κ2) is 6.78. The number of rotatable bonds is 8. The Hall–Kier alpha value is -2.12. The maximum Gasteiger partial charge on any atom is 0.306 e. The molecule has 1 saturated carbocycles. The summed E-state index contributed by atoms with van der Waals surface area (Å²) in [6.07, 6.45) is 0.434. The average molecular weight is 349 g/mol. The second-order valence-electron chi connectivity index (χ2n) is 5.97. The first-order chi connectivity index (χ1) is 11.4. The van der Waals surface area contributed by atoms with Crippen LogP contribution >= 0.6 is 0 Å². The average Bonchev–Trinajstić information content (AvgIpc) is 3.30. The standard InChI is InChI=1S/C17H19NO5S/c19-17(20)16-10-14(16)11-24(21,22)18-7-8-23-15-6-5-12-3-1-2-4-13(12)9-15/h1-6,9,14,16,18H,7-8,10-11H2,(H,19,20)/t14-,16+/m0/s1. The van der Waals surface area contributed by atoms with E-state index in [9.17, 15) is 13.2 Å². The normalized spacial score (nSPS) is 20.0. The summed E-state index contributed by atoms with van der Waals surface area (Å²) in [6.45, 7) is 0.365. The Bertz CT molecular complexity index is 849. The van der Waals surface area contributed by atoms with Crippen LogP contribution in [0.4, 0.5) is 0 Å². The molecule has 7 heteroatoms. The first kappa shape index (κ1) is 16.7. The first-order valence-electron chi connectivity index (χ1n) is 7.76. The molecular formula is C17H19NO5S. The van der Waals surface area contributed by atoms with Gasteiger partial charge in [0.25, 0.3) is 0 Å². The van der Waals surface area contributed by atoms with Gasteiger partial charge in [-0.2, -0.15) is 0 Å². The molecule has 1 fully saturated rings. The zero-order valence-electron chi connectivity index (χ0n) is 13.0. The maximum atomic E-state index is 11.9. The Morgan fingerprint density at radius 2 is 1.96 bits per heavy atom. The topological polar surface area (TPSA) is 92.7 Å². The molecule has 0 amide bonds. The lowest BCUT2D eigenvalue weighted by atomic mass is 10.1. The molecule has 2 aromatic carbocycles. The summed E-state index contributed by atoms with van der Waals surface area (Å²) >= 11 is 0. The summed E-state index contributed by atoms with van der Waals surface area (Å²) in [5.74, 6) is -1.17. The molecule has 2 N–H and O–H groups in total. The van der Waals surface area contributed by atoms with Crippen LogP contribution in [0.25, 0.3) is 10.8 Å². The minimum Gasteiger partial charge on any atom is -0.492 e. The summed E-state index contributed by atoms with van der Waals surface area (Å²) in [4.78, 5) is 10.7. The fraction of sp³-hybridized carbons (Fsp3) is 0.353. The number of sulfonamides is 1. The zero-order chi connectivity index (χ0) is 17.2. The number of benzene rings is 2. The van der Waals surface area contributed by atoms with Crippen LogP contribution in [-0.4, -0.2) is 38.4 Å². The summed E-state index contributed by atoms with van der Waals surface area (Å²) in [5, 5.41) is 11.0. The van der Waals surface area contributed by atoms with Crippen molar-refractivity contribution in [3.05, 3.63) is 42.5 Å². The highest BCUT2D eigenvalue weighted by Crippen LogP contribution is 2.39. The largest absolute Gasteiger partial charge is 0.492 e. The van der Waals surface area contributed by atoms with Gasteiger partial charge in [-0.05, 0) is 35.2 Å². The van der Waals surface area contributed by atoms with Crippen molar-refractivity contribution in [3.63, 3.8) is 0 Å². The maximum absolute atomic E-state index is 11.9. The zero-order valence-corrected chi connectivity index (χ0v) is 13.8. The van der Waals surface area contributed by atoms with Gasteiger partial charge in [-0.3, -0.25) is 4.79 Å². The number of carbonyl (C=O) groups is 1. The molecule has 0 bridgehead atoms. The summed E-state index contributed by atoms with van der Waals surface area (Å²) in [7, 11) is -3.47. The molecule has 0 aliphatic heterocycles. The fourth-order valence-corrected chi connectivity index (χ4v) is 4.14. The number of hydrogen-bond acceptors (Lipinski definition) is 4. The van der Waals surface area contributed by atoms with E-state index >= 15 is 0 Å². The van der Waals surface area contributed by atoms with E-state index in [0.29, 0.717) is 12.2 Å². The Labute approximate surface area is 140 Å². The Balaban J connectivity index is 1.45. The molecule has 0 saturated heterocycles. The van der Waals surface area contributed by atoms with Crippen LogP contribution in [0, 0.1) is 11.8 Å². The Kier molecular flexibility index (Phi) is 4.73. The van der Waals surface area contributed by atoms with Crippen LogP contribution in [0.2, 0.25) is 0 Å². The van der Waals surface area contributed by atoms with Crippen molar-refractivity contribution in [2.24, 2.45) is 11.8 Å². The Morgan fingerprint density at radius 3 is 2.67 bits per heavy atom. The number of nitrogens with one attached hydrogen (secondary N) is 1. The number of aliphatic carboxylic acids is 1. The smallest absolute Gasteiger partial charge is 0.306 e. The van der Waals surface area contributed by atoms with Gasteiger partial charge in [0.15, 0.2) is 0 Å². The molecular weight excluding hydrogens is 330 g/mol. The van der Waals surface area contributed by atoms with Gasteiger partial charge in [-0.15, -0.1) is 0 Å². The van der Waals surface area contributed by atoms with Gasteiger partial charge >= 0.3 is 5.97 Å². The van der Waals surface area contributed by atoms with Crippen molar-refractivity contribution < 1.29 is 23.1 Å². The first-order valence-corrected chi connectivity index (χ1v) is 9.41. The van der Waals surface area contributed by atoms with Gasteiger partial charge in [0.1, 0.15) is 12.4 Å². The van der Waals surface area contributed by atoms with E-state index in [0.717, 1.165) is 10.8 Å². The highest BCUT2D eigenvalue weighted by atomic mass is 32.2. The van der Waals surface area contributed by atoms with Gasteiger partial charge in [0.05, 0.1) is 11.7 Å². The van der Waals surface area contributed by atoms with Crippen molar-refractivity contribution in [1.29, 1.82) is 0 Å². The molecule has 24 heavy (non-hydrogen) atoms. The summed E-state index contributed by atoms with van der Waals surface area (Å²) < 4.78 is 31.8. The van der Waals surface area contributed by atoms with Crippen LogP contribution in [0.15, 0.2) is 42.5 Å². The van der Waals surface area contributed by atoms with E-state index in [2.05, 4.69) is 4.72 Å². The molecule has 2 aromatic rings. The summed E-state index contributed by atoms with van der Waals surface area (Å²) in [6, 6.07) is 13.6. The number of fused-ring (bicyclic) bond motifs is 1. The van der Waals surface area contributed by atoms with Crippen molar-refractivity contribution in [1.82, 2.24) is 4.72 Å². The molecule has 3 rings (SSSR count). The quantitative estimate of drug-likeness (QED) is 0.710. The molecule has 0 heterocycles. The van der Waals surface area contributed by atoms with Crippen LogP contribution in [0.5, 0.6) is 5.75 Å². The molecule has 2 atom stereocenters. The number of carboxylic acid groups (broad SMARTS) is 1. The lowest BCUT2D eigenvalue weighted by Crippen LogP contribution is -2.31. The third-order valence-corrected chi connectivity index (χ3v) is 5.60. The SMILES string of the molecule is O=C(O)[C@@H]1C[C@H]1CS(=O)(=O)NCCOc1ccc2ccccc2c1. The van der Waals surface area contributed by atoms with E-state index in [1.807, 2.05) is 42.5 Å². The molecule has 0 spiro atoms. The van der Waals surface area contributed by atoms with Crippen molar-refractivity contribution in [2.45, 2.75) is 6.42 Å². The molecule has 6 nitrogen and oxygen atoms in total. The molecule has 1 aliphatic carbocycles. The van der Waals surface area contributed by atoms with E-state index in [-0.39, 0.29) is 24.8 Å². The van der Waals surface area contributed by atoms with Gasteiger partial charge in [0, 0.05) is 6.54 Å².